The molecule has 0 amide bonds. The van der Waals surface area contributed by atoms with Crippen molar-refractivity contribution in [3.63, 3.8) is 0 Å². The minimum Gasteiger partial charge on any atom is -0.335 e. The summed E-state index contributed by atoms with van der Waals surface area (Å²) in [5, 5.41) is 4.35. The van der Waals surface area contributed by atoms with Gasteiger partial charge in [-0.25, -0.2) is 4.98 Å². The Kier molecular flexibility index (Phi) is 7.87. The lowest BCUT2D eigenvalue weighted by Gasteiger charge is -2.35. The van der Waals surface area contributed by atoms with E-state index in [1.54, 1.807) is 0 Å². The molecular formula is C28H37ClN4. The van der Waals surface area contributed by atoms with Crippen molar-refractivity contribution in [1.29, 1.82) is 0 Å². The van der Waals surface area contributed by atoms with E-state index in [-0.39, 0.29) is 0 Å². The summed E-state index contributed by atoms with van der Waals surface area (Å²) in [6, 6.07) is 6.52. The number of aliphatic imine (C=N–C) groups is 1. The minimum atomic E-state index is 0.317. The first kappa shape index (κ1) is 24.0. The minimum absolute atomic E-state index is 0.317. The van der Waals surface area contributed by atoms with Crippen LogP contribution >= 0.6 is 11.6 Å². The van der Waals surface area contributed by atoms with Crippen LogP contribution in [0.1, 0.15) is 74.4 Å². The fraction of sp³-hybridized carbons (Fsp3) is 0.500. The van der Waals surface area contributed by atoms with Crippen LogP contribution in [0, 0.1) is 19.8 Å². The van der Waals surface area contributed by atoms with Crippen molar-refractivity contribution < 1.29 is 0 Å². The molecule has 1 aromatic carbocycles. The maximum absolute atomic E-state index is 6.56. The quantitative estimate of drug-likeness (QED) is 0.474. The van der Waals surface area contributed by atoms with Gasteiger partial charge in [0.05, 0.1) is 12.0 Å². The molecule has 1 aliphatic carbocycles. The number of imidazole rings is 1. The van der Waals surface area contributed by atoms with Gasteiger partial charge in [0.1, 0.15) is 0 Å². The van der Waals surface area contributed by atoms with Gasteiger partial charge in [0.25, 0.3) is 0 Å². The second-order valence-electron chi connectivity index (χ2n) is 9.50. The maximum atomic E-state index is 6.56. The first-order valence-electron chi connectivity index (χ1n) is 12.4. The second-order valence-corrected chi connectivity index (χ2v) is 9.93. The average Bonchev–Trinajstić information content (AvgIpc) is 3.13. The van der Waals surface area contributed by atoms with E-state index in [4.69, 9.17) is 16.6 Å². The summed E-state index contributed by atoms with van der Waals surface area (Å²) < 4.78 is 2.27. The van der Waals surface area contributed by atoms with E-state index in [9.17, 15) is 0 Å². The molecular weight excluding hydrogens is 428 g/mol. The highest BCUT2D eigenvalue weighted by Crippen LogP contribution is 2.45. The van der Waals surface area contributed by atoms with E-state index in [0.717, 1.165) is 49.6 Å². The molecule has 2 heterocycles. The van der Waals surface area contributed by atoms with Gasteiger partial charge < -0.3 is 9.88 Å². The Balaban J connectivity index is 1.70. The van der Waals surface area contributed by atoms with Crippen molar-refractivity contribution in [3.8, 4) is 0 Å². The van der Waals surface area contributed by atoms with Crippen LogP contribution in [0.15, 0.2) is 46.9 Å². The lowest BCUT2D eigenvalue weighted by atomic mass is 9.73. The van der Waals surface area contributed by atoms with E-state index >= 15 is 0 Å². The summed E-state index contributed by atoms with van der Waals surface area (Å²) in [6.45, 7) is 11.7. The van der Waals surface area contributed by atoms with Crippen LogP contribution in [0.3, 0.4) is 0 Å². The van der Waals surface area contributed by atoms with Crippen molar-refractivity contribution in [1.82, 2.24) is 14.9 Å². The molecule has 1 N–H and O–H groups in total. The Bertz CT molecular complexity index is 1070. The Hall–Kier alpha value is -2.17. The smallest absolute Gasteiger partial charge is 0.0951 e. The number of aromatic nitrogens is 2. The molecule has 33 heavy (non-hydrogen) atoms. The molecule has 1 fully saturated rings. The fourth-order valence-electron chi connectivity index (χ4n) is 5.41. The van der Waals surface area contributed by atoms with Crippen LogP contribution in [-0.2, 0) is 6.54 Å². The van der Waals surface area contributed by atoms with Gasteiger partial charge in [0, 0.05) is 35.1 Å². The van der Waals surface area contributed by atoms with Gasteiger partial charge in [0.15, 0.2) is 0 Å². The van der Waals surface area contributed by atoms with Crippen molar-refractivity contribution in [2.75, 3.05) is 13.1 Å². The number of fused-ring (bicyclic) bond motifs is 1. The Morgan fingerprint density at radius 2 is 2.00 bits per heavy atom. The lowest BCUT2D eigenvalue weighted by molar-refractivity contribution is 0.337. The summed E-state index contributed by atoms with van der Waals surface area (Å²) in [5.74, 6) is 0.911. The number of halogens is 1. The third-order valence-corrected chi connectivity index (χ3v) is 7.63. The number of nitrogens with zero attached hydrogens (tertiary/aromatic N) is 3. The zero-order valence-corrected chi connectivity index (χ0v) is 21.3. The number of aryl methyl sites for hydroxylation is 2. The number of piperidine rings is 1. The Morgan fingerprint density at radius 3 is 2.70 bits per heavy atom. The summed E-state index contributed by atoms with van der Waals surface area (Å²) in [4.78, 5) is 9.41. The number of allylic oxidation sites excluding steroid dienone is 4. The molecule has 2 aromatic rings. The highest BCUT2D eigenvalue weighted by Gasteiger charge is 2.32. The molecule has 0 saturated carbocycles. The highest BCUT2D eigenvalue weighted by molar-refractivity contribution is 6.30. The molecule has 1 atom stereocenters. The molecule has 176 valence electrons. The zero-order valence-electron chi connectivity index (χ0n) is 20.5. The van der Waals surface area contributed by atoms with Crippen molar-refractivity contribution in [3.05, 3.63) is 69.4 Å². The van der Waals surface area contributed by atoms with Gasteiger partial charge in [-0.1, -0.05) is 23.7 Å². The lowest BCUT2D eigenvalue weighted by Crippen LogP contribution is -2.32. The molecule has 0 radical (unpaired) electrons. The van der Waals surface area contributed by atoms with Crippen molar-refractivity contribution in [2.24, 2.45) is 10.9 Å². The second kappa shape index (κ2) is 10.8. The molecule has 1 saturated heterocycles. The predicted octanol–water partition coefficient (Wildman–Crippen LogP) is 6.87. The topological polar surface area (TPSA) is 42.2 Å². The van der Waals surface area contributed by atoms with Crippen LogP contribution in [0.4, 0.5) is 0 Å². The van der Waals surface area contributed by atoms with E-state index in [2.05, 4.69) is 59.9 Å². The molecule has 1 aromatic heterocycles. The number of hydrogen-bond acceptors (Lipinski definition) is 3. The molecule has 4 rings (SSSR count). The summed E-state index contributed by atoms with van der Waals surface area (Å²) in [5.41, 5.74) is 9.15. The fourth-order valence-corrected chi connectivity index (χ4v) is 5.58. The zero-order chi connectivity index (χ0) is 23.4. The van der Waals surface area contributed by atoms with E-state index in [0.29, 0.717) is 11.8 Å². The molecule has 4 nitrogen and oxygen atoms in total. The number of hydrogen-bond donors (Lipinski definition) is 1. The van der Waals surface area contributed by atoms with Crippen LogP contribution in [-0.4, -0.2) is 28.9 Å². The summed E-state index contributed by atoms with van der Waals surface area (Å²) >= 11 is 6.56. The molecule has 0 bridgehead atoms. The molecule has 2 aliphatic rings. The highest BCUT2D eigenvalue weighted by atomic mass is 35.5. The first-order valence-corrected chi connectivity index (χ1v) is 12.7. The standard InChI is InChI=1S/C28H37ClN4/c1-5-31-28-19(2)8-9-22(7-6-16-33-18-32-20(3)21(33)4)26-17-24(29)10-11-25(26)27(28)23-12-14-30-15-13-23/h5,9-11,17-18,23,27,30H,6-8,12-16H2,1-4H3/b22-9-,28-19+,31-5?. The van der Waals surface area contributed by atoms with Crippen LogP contribution in [0.25, 0.3) is 5.57 Å². The monoisotopic (exact) mass is 464 g/mol. The van der Waals surface area contributed by atoms with Crippen LogP contribution in [0.2, 0.25) is 5.02 Å². The number of rotatable bonds is 6. The van der Waals surface area contributed by atoms with Gasteiger partial charge in [-0.05, 0) is 113 Å². The van der Waals surface area contributed by atoms with E-state index in [1.165, 1.54) is 46.5 Å². The van der Waals surface area contributed by atoms with Crippen LogP contribution < -0.4 is 5.32 Å². The third-order valence-electron chi connectivity index (χ3n) is 7.40. The SMILES string of the molecule is CC=N/C1=C(\C)C/C=C(/CCCn2cnc(C)c2C)c2cc(Cl)ccc2C1C1CCNCC1. The van der Waals surface area contributed by atoms with Crippen molar-refractivity contribution >= 4 is 23.4 Å². The van der Waals surface area contributed by atoms with Gasteiger partial charge in [-0.3, -0.25) is 4.99 Å². The van der Waals surface area contributed by atoms with Gasteiger partial charge in [-0.2, -0.15) is 0 Å². The first-order chi connectivity index (χ1) is 16.0. The van der Waals surface area contributed by atoms with Crippen molar-refractivity contribution in [2.45, 2.75) is 72.3 Å². The molecule has 1 aliphatic heterocycles. The summed E-state index contributed by atoms with van der Waals surface area (Å²) in [7, 11) is 0. The normalized spacial score (nSPS) is 23.8. The van der Waals surface area contributed by atoms with Gasteiger partial charge in [0.2, 0.25) is 0 Å². The van der Waals surface area contributed by atoms with Gasteiger partial charge in [-0.15, -0.1) is 0 Å². The Labute approximate surface area is 203 Å². The van der Waals surface area contributed by atoms with E-state index < -0.39 is 0 Å². The van der Waals surface area contributed by atoms with Gasteiger partial charge >= 0.3 is 0 Å². The molecule has 5 heteroatoms. The maximum Gasteiger partial charge on any atom is 0.0951 e. The average molecular weight is 465 g/mol. The largest absolute Gasteiger partial charge is 0.335 e. The third kappa shape index (κ3) is 5.33. The predicted molar refractivity (Wildman–Crippen MR) is 140 cm³/mol. The molecule has 1 unspecified atom stereocenters. The summed E-state index contributed by atoms with van der Waals surface area (Å²) in [6.07, 6.45) is 11.8. The number of nitrogens with one attached hydrogen (secondary N) is 1. The van der Waals surface area contributed by atoms with Crippen LogP contribution in [0.5, 0.6) is 0 Å². The van der Waals surface area contributed by atoms with E-state index in [1.807, 2.05) is 19.5 Å². The number of benzene rings is 1. The molecule has 0 spiro atoms. The Morgan fingerprint density at radius 1 is 1.21 bits per heavy atom.